The minimum absolute atomic E-state index is 0.0285. The van der Waals surface area contributed by atoms with Crippen LogP contribution in [0.1, 0.15) is 61.3 Å². The molecule has 0 spiro atoms. The summed E-state index contributed by atoms with van der Waals surface area (Å²) in [5.74, 6) is -4.77. The van der Waals surface area contributed by atoms with E-state index in [1.807, 2.05) is 84.3 Å². The molecule has 4 amide bonds. The van der Waals surface area contributed by atoms with E-state index in [2.05, 4.69) is 42.7 Å². The van der Waals surface area contributed by atoms with Crippen molar-refractivity contribution in [2.45, 2.75) is 71.7 Å². The fourth-order valence-corrected chi connectivity index (χ4v) is 10.4. The molecule has 4 N–H and O–H groups in total. The van der Waals surface area contributed by atoms with Gasteiger partial charge >= 0.3 is 0 Å². The van der Waals surface area contributed by atoms with Gasteiger partial charge < -0.3 is 63.8 Å². The number of amides is 4. The van der Waals surface area contributed by atoms with Gasteiger partial charge in [0.05, 0.1) is 106 Å². The molecule has 0 radical (unpaired) electrons. The van der Waals surface area contributed by atoms with Crippen LogP contribution in [0.15, 0.2) is 90.6 Å². The number of fused-ring (bicyclic) bond motifs is 3. The lowest BCUT2D eigenvalue weighted by Crippen LogP contribution is -2.58. The third-order valence-corrected chi connectivity index (χ3v) is 14.6. The highest BCUT2D eigenvalue weighted by atomic mass is 32.1. The van der Waals surface area contributed by atoms with Crippen molar-refractivity contribution in [3.63, 3.8) is 0 Å². The van der Waals surface area contributed by atoms with Gasteiger partial charge in [-0.1, -0.05) is 63.7 Å². The van der Waals surface area contributed by atoms with E-state index in [9.17, 15) is 33.1 Å². The first kappa shape index (κ1) is 62.0. The van der Waals surface area contributed by atoms with Crippen LogP contribution < -0.4 is 26.5 Å². The third-order valence-electron chi connectivity index (χ3n) is 13.6. The smallest absolute Gasteiger partial charge is 0.298 e. The number of halogens is 2. The standard InChI is InChI=1S/C60H75F2N7O11S/c1-8-19-60(61,62)45-14-16-46(17-15-45)69-50-18-13-44(32-48(50)49-37-67(7)35-40(2)53(49)69)56(72)63-20-21-75-22-23-76-24-25-77-26-27-78-28-29-79-30-31-80-38-52(71)66-55(59(4,5)6)58(74)68-36-47(70)33-51(68)57(73)64-34-42-9-11-43(12-10-42)54-41(3)65-39-81-54/h9-19,32,37,39,47,51,55,70H,1,20-31,33-36,38H2,2-7H3,(H,63,72)(H,64,73)(H,66,71)/t47-,51+,55-/m1/s1. The number of ether oxygens (including phenoxy) is 6. The molecule has 2 aromatic heterocycles. The van der Waals surface area contributed by atoms with Gasteiger partial charge in [0, 0.05) is 79.3 Å². The number of aliphatic hydroxyl groups is 1. The molecule has 18 nitrogen and oxygen atoms in total. The molecule has 0 saturated carbocycles. The minimum Gasteiger partial charge on any atom is -0.391 e. The number of hydrogen-bond donors (Lipinski definition) is 4. The molecule has 0 bridgehead atoms. The van der Waals surface area contributed by atoms with Crippen molar-refractivity contribution in [3.05, 3.63) is 124 Å². The van der Waals surface area contributed by atoms with Crippen molar-refractivity contribution >= 4 is 57.6 Å². The van der Waals surface area contributed by atoms with E-state index in [1.54, 1.807) is 35.0 Å². The monoisotopic (exact) mass is 1140 g/mol. The summed E-state index contributed by atoms with van der Waals surface area (Å²) in [4.78, 5) is 62.4. The number of alkyl halides is 2. The summed E-state index contributed by atoms with van der Waals surface area (Å²) in [6, 6.07) is 17.6. The number of β-amino-alcohol motifs (C(OH)–C–C–N with tert-alkyl or cyclic N) is 1. The molecule has 0 aliphatic carbocycles. The van der Waals surface area contributed by atoms with Crippen molar-refractivity contribution in [1.82, 2.24) is 35.3 Å². The molecule has 3 atom stereocenters. The Morgan fingerprint density at radius 2 is 1.47 bits per heavy atom. The summed E-state index contributed by atoms with van der Waals surface area (Å²) >= 11 is 1.56. The highest BCUT2D eigenvalue weighted by molar-refractivity contribution is 7.13. The lowest BCUT2D eigenvalue weighted by Gasteiger charge is -2.35. The Balaban J connectivity index is 0.698. The van der Waals surface area contributed by atoms with Crippen LogP contribution in [-0.4, -0.2) is 172 Å². The second-order valence-electron chi connectivity index (χ2n) is 21.0. The zero-order chi connectivity index (χ0) is 58.1. The van der Waals surface area contributed by atoms with Crippen molar-refractivity contribution < 1.29 is 61.5 Å². The molecule has 21 heteroatoms. The Bertz CT molecular complexity index is 3120. The highest BCUT2D eigenvalue weighted by Gasteiger charge is 2.44. The zero-order valence-electron chi connectivity index (χ0n) is 47.0. The number of nitrogens with one attached hydrogen (secondary N) is 3. The number of carbonyl (C=O) groups excluding carboxylic acids is 4. The second-order valence-corrected chi connectivity index (χ2v) is 21.8. The van der Waals surface area contributed by atoms with E-state index in [-0.39, 0.29) is 56.7 Å². The predicted molar refractivity (Wildman–Crippen MR) is 305 cm³/mol. The number of thiazole rings is 1. The Morgan fingerprint density at radius 1 is 0.852 bits per heavy atom. The topological polar surface area (TPSA) is 204 Å². The molecule has 2 aliphatic heterocycles. The van der Waals surface area contributed by atoms with E-state index in [4.69, 9.17) is 28.4 Å². The molecule has 3 aromatic carbocycles. The maximum atomic E-state index is 14.5. The van der Waals surface area contributed by atoms with Crippen LogP contribution in [0.25, 0.3) is 38.8 Å². The number of aryl methyl sites for hydroxylation is 1. The lowest BCUT2D eigenvalue weighted by atomic mass is 9.85. The molecule has 436 valence electrons. The Hall–Kier alpha value is -6.65. The molecule has 5 aromatic rings. The van der Waals surface area contributed by atoms with Gasteiger partial charge in [0.25, 0.3) is 11.8 Å². The Kier molecular flexibility index (Phi) is 22.5. The number of allylic oxidation sites excluding steroid dienone is 1. The molecule has 1 saturated heterocycles. The van der Waals surface area contributed by atoms with Gasteiger partial charge in [-0.05, 0) is 66.3 Å². The van der Waals surface area contributed by atoms with Crippen LogP contribution in [-0.2, 0) is 55.3 Å². The van der Waals surface area contributed by atoms with E-state index < -0.39 is 41.3 Å². The number of likely N-dealkylation sites (tertiary alicyclic amines) is 1. The molecular weight excluding hydrogens is 1060 g/mol. The summed E-state index contributed by atoms with van der Waals surface area (Å²) in [6.07, 6.45) is 1.89. The molecule has 81 heavy (non-hydrogen) atoms. The van der Waals surface area contributed by atoms with Gasteiger partial charge in [-0.2, -0.15) is 8.78 Å². The average Bonchev–Trinajstić information content (AvgIpc) is 4.19. The second kappa shape index (κ2) is 29.4. The largest absolute Gasteiger partial charge is 0.391 e. The molecule has 2 aliphatic rings. The van der Waals surface area contributed by atoms with Gasteiger partial charge in [-0.3, -0.25) is 19.2 Å². The third kappa shape index (κ3) is 17.0. The van der Waals surface area contributed by atoms with Gasteiger partial charge in [0.2, 0.25) is 17.7 Å². The van der Waals surface area contributed by atoms with Crippen molar-refractivity contribution in [1.29, 1.82) is 0 Å². The number of aromatic nitrogens is 2. The SMILES string of the molecule is C=C=CC(F)(F)c1ccc(-n2c3c(c4cc(C(=O)NCCOCCOCCOCCOCCOCCOCC(=O)N[C@H](C(=O)N5C[C@H](O)C[C@H]5C(=O)NCc5ccc(-c6scnc6C)cc5)C(C)(C)C)ccc42)=CN(C)CC=3C)cc1. The molecule has 0 unspecified atom stereocenters. The Morgan fingerprint density at radius 3 is 2.06 bits per heavy atom. The van der Waals surface area contributed by atoms with Crippen LogP contribution in [0.5, 0.6) is 0 Å². The summed E-state index contributed by atoms with van der Waals surface area (Å²) < 4.78 is 64.6. The van der Waals surface area contributed by atoms with Crippen LogP contribution in [0, 0.1) is 12.3 Å². The number of benzene rings is 3. The van der Waals surface area contributed by atoms with Crippen molar-refractivity contribution in [2.24, 2.45) is 5.41 Å². The van der Waals surface area contributed by atoms with Crippen molar-refractivity contribution in [3.8, 4) is 16.1 Å². The normalized spacial score (nSPS) is 15.7. The highest BCUT2D eigenvalue weighted by Crippen LogP contribution is 2.31. The van der Waals surface area contributed by atoms with Gasteiger partial charge in [-0.15, -0.1) is 17.1 Å². The van der Waals surface area contributed by atoms with Crippen LogP contribution >= 0.6 is 11.3 Å². The van der Waals surface area contributed by atoms with Gasteiger partial charge in [-0.25, -0.2) is 4.98 Å². The van der Waals surface area contributed by atoms with E-state index in [0.29, 0.717) is 84.2 Å². The molecule has 4 heterocycles. The van der Waals surface area contributed by atoms with Crippen LogP contribution in [0.4, 0.5) is 8.78 Å². The zero-order valence-corrected chi connectivity index (χ0v) is 47.8. The summed E-state index contributed by atoms with van der Waals surface area (Å²) in [5, 5.41) is 21.9. The number of rotatable bonds is 30. The fourth-order valence-electron chi connectivity index (χ4n) is 9.62. The lowest BCUT2D eigenvalue weighted by molar-refractivity contribution is -0.144. The number of nitrogens with zero attached hydrogens (tertiary/aromatic N) is 4. The van der Waals surface area contributed by atoms with Crippen LogP contribution in [0.3, 0.4) is 0 Å². The number of carbonyl (C=O) groups is 4. The predicted octanol–water partition coefficient (Wildman–Crippen LogP) is 4.99. The quantitative estimate of drug-likeness (QED) is 0.0354. The first-order chi connectivity index (χ1) is 38.9. The van der Waals surface area contributed by atoms with E-state index in [1.165, 1.54) is 17.0 Å². The molecule has 7 rings (SSSR count). The summed E-state index contributed by atoms with van der Waals surface area (Å²) in [5.41, 5.74) is 9.16. The molecular formula is C60H75F2N7O11S. The van der Waals surface area contributed by atoms with Gasteiger partial charge in [0.1, 0.15) is 18.7 Å². The number of aliphatic hydroxyl groups excluding tert-OH is 1. The maximum Gasteiger partial charge on any atom is 0.298 e. The molecule has 1 fully saturated rings. The minimum atomic E-state index is -3.19. The van der Waals surface area contributed by atoms with E-state index >= 15 is 0 Å². The first-order valence-electron chi connectivity index (χ1n) is 27.1. The van der Waals surface area contributed by atoms with Gasteiger partial charge in [0.15, 0.2) is 0 Å². The number of hydrogen-bond acceptors (Lipinski definition) is 14. The Labute approximate surface area is 475 Å². The fraction of sp³-hybridized carbons (Fsp3) is 0.467. The summed E-state index contributed by atoms with van der Waals surface area (Å²) in [7, 11) is 1.98. The first-order valence-corrected chi connectivity index (χ1v) is 28.0. The average molecular weight is 1140 g/mol. The maximum absolute atomic E-state index is 14.5. The van der Waals surface area contributed by atoms with Crippen LogP contribution in [0.2, 0.25) is 0 Å². The van der Waals surface area contributed by atoms with E-state index in [0.717, 1.165) is 54.4 Å². The van der Waals surface area contributed by atoms with Crippen molar-refractivity contribution in [2.75, 3.05) is 106 Å². The summed E-state index contributed by atoms with van der Waals surface area (Å²) in [6.45, 7) is 17.1.